The van der Waals surface area contributed by atoms with Gasteiger partial charge in [0.05, 0.1) is 35.1 Å². The number of nitrogens with one attached hydrogen (secondary N) is 1. The van der Waals surface area contributed by atoms with E-state index in [1.165, 1.54) is 37.1 Å². The minimum absolute atomic E-state index is 0.0486. The van der Waals surface area contributed by atoms with Gasteiger partial charge in [0.2, 0.25) is 5.91 Å². The van der Waals surface area contributed by atoms with Crippen molar-refractivity contribution in [3.8, 4) is 17.1 Å². The number of hydrogen-bond donors (Lipinski definition) is 1. The summed E-state index contributed by atoms with van der Waals surface area (Å²) in [6.07, 6.45) is 0. The lowest BCUT2D eigenvalue weighted by molar-refractivity contribution is -0.384. The van der Waals surface area contributed by atoms with E-state index in [0.29, 0.717) is 27.1 Å². The fourth-order valence-electron chi connectivity index (χ4n) is 3.12. The van der Waals surface area contributed by atoms with Gasteiger partial charge >= 0.3 is 0 Å². The highest BCUT2D eigenvalue weighted by Crippen LogP contribution is 2.32. The molecule has 1 amide bonds. The number of carbonyl (C=O) groups excluding carboxylic acids is 1. The summed E-state index contributed by atoms with van der Waals surface area (Å²) >= 11 is 7.43. The lowest BCUT2D eigenvalue weighted by Gasteiger charge is -2.11. The molecule has 0 saturated carbocycles. The molecule has 0 radical (unpaired) electrons. The van der Waals surface area contributed by atoms with Crippen LogP contribution in [0, 0.1) is 10.1 Å². The van der Waals surface area contributed by atoms with E-state index in [1.54, 1.807) is 12.1 Å². The number of non-ortho nitro benzene ring substituents is 1. The number of hydrogen-bond acceptors (Lipinski definition) is 7. The second-order valence-electron chi connectivity index (χ2n) is 6.86. The summed E-state index contributed by atoms with van der Waals surface area (Å²) in [7, 11) is 1.38. The molecular weight excluding hydrogens is 464 g/mol. The van der Waals surface area contributed by atoms with Crippen LogP contribution < -0.4 is 10.1 Å². The van der Waals surface area contributed by atoms with Crippen molar-refractivity contribution >= 4 is 51.5 Å². The first-order valence-electron chi connectivity index (χ1n) is 9.72. The van der Waals surface area contributed by atoms with Crippen molar-refractivity contribution in [3.63, 3.8) is 0 Å². The van der Waals surface area contributed by atoms with E-state index in [-0.39, 0.29) is 23.1 Å². The SMILES string of the molecule is COc1cc([N+](=O)[O-])ccc1NC(=O)CSc1nc(-c2ccccc2)nc2ccc(Cl)cc12. The molecule has 33 heavy (non-hydrogen) atoms. The quantitative estimate of drug-likeness (QED) is 0.159. The summed E-state index contributed by atoms with van der Waals surface area (Å²) in [5.74, 6) is 0.480. The molecule has 0 aliphatic carbocycles. The molecule has 0 fully saturated rings. The summed E-state index contributed by atoms with van der Waals surface area (Å²) in [5, 5.41) is 15.6. The lowest BCUT2D eigenvalue weighted by Crippen LogP contribution is -2.15. The van der Waals surface area contributed by atoms with Crippen LogP contribution in [-0.4, -0.2) is 33.7 Å². The zero-order valence-corrected chi connectivity index (χ0v) is 18.9. The number of anilines is 1. The van der Waals surface area contributed by atoms with Gasteiger partial charge in [-0.2, -0.15) is 0 Å². The van der Waals surface area contributed by atoms with Gasteiger partial charge in [-0.25, -0.2) is 9.97 Å². The van der Waals surface area contributed by atoms with Gasteiger partial charge in [0.1, 0.15) is 10.8 Å². The highest BCUT2D eigenvalue weighted by atomic mass is 35.5. The Kier molecular flexibility index (Phi) is 6.71. The number of halogens is 1. The predicted molar refractivity (Wildman–Crippen MR) is 129 cm³/mol. The van der Waals surface area contributed by atoms with Crippen LogP contribution in [0.25, 0.3) is 22.3 Å². The molecule has 0 atom stereocenters. The van der Waals surface area contributed by atoms with Gasteiger partial charge in [-0.15, -0.1) is 0 Å². The number of methoxy groups -OCH3 is 1. The maximum absolute atomic E-state index is 12.6. The molecule has 3 aromatic carbocycles. The summed E-state index contributed by atoms with van der Waals surface area (Å²) in [4.78, 5) is 32.4. The summed E-state index contributed by atoms with van der Waals surface area (Å²) in [6.45, 7) is 0. The first-order chi connectivity index (χ1) is 15.9. The Balaban J connectivity index is 1.58. The normalized spacial score (nSPS) is 10.7. The number of benzene rings is 3. The number of fused-ring (bicyclic) bond motifs is 1. The predicted octanol–water partition coefficient (Wildman–Crippen LogP) is 5.60. The zero-order chi connectivity index (χ0) is 23.4. The van der Waals surface area contributed by atoms with Crippen LogP contribution in [-0.2, 0) is 4.79 Å². The summed E-state index contributed by atoms with van der Waals surface area (Å²) in [6, 6.07) is 18.9. The van der Waals surface area contributed by atoms with Crippen molar-refractivity contribution in [2.24, 2.45) is 0 Å². The smallest absolute Gasteiger partial charge is 0.273 e. The maximum atomic E-state index is 12.6. The number of nitro groups is 1. The Morgan fingerprint density at radius 2 is 1.91 bits per heavy atom. The molecule has 0 bridgehead atoms. The van der Waals surface area contributed by atoms with E-state index in [0.717, 1.165) is 10.9 Å². The number of thioether (sulfide) groups is 1. The third kappa shape index (κ3) is 5.21. The molecule has 1 heterocycles. The molecular formula is C23H17ClN4O4S. The summed E-state index contributed by atoms with van der Waals surface area (Å²) in [5.41, 5.74) is 1.79. The molecule has 4 rings (SSSR count). The summed E-state index contributed by atoms with van der Waals surface area (Å²) < 4.78 is 5.17. The average Bonchev–Trinajstić information content (AvgIpc) is 2.83. The van der Waals surface area contributed by atoms with Gasteiger partial charge in [-0.3, -0.25) is 14.9 Å². The van der Waals surface area contributed by atoms with Gasteiger partial charge in [0.25, 0.3) is 5.69 Å². The van der Waals surface area contributed by atoms with Crippen LogP contribution in [0.4, 0.5) is 11.4 Å². The Bertz CT molecular complexity index is 1350. The van der Waals surface area contributed by atoms with E-state index < -0.39 is 4.92 Å². The van der Waals surface area contributed by atoms with Crippen LogP contribution in [0.5, 0.6) is 5.75 Å². The van der Waals surface area contributed by atoms with Crippen LogP contribution in [0.15, 0.2) is 71.8 Å². The zero-order valence-electron chi connectivity index (χ0n) is 17.3. The van der Waals surface area contributed by atoms with Gasteiger partial charge in [-0.05, 0) is 24.3 Å². The molecule has 0 aliphatic rings. The van der Waals surface area contributed by atoms with Crippen molar-refractivity contribution in [2.45, 2.75) is 5.03 Å². The topological polar surface area (TPSA) is 107 Å². The van der Waals surface area contributed by atoms with Gasteiger partial charge in [0.15, 0.2) is 5.82 Å². The Morgan fingerprint density at radius 3 is 2.64 bits per heavy atom. The second kappa shape index (κ2) is 9.85. The van der Waals surface area contributed by atoms with Crippen LogP contribution in [0.3, 0.4) is 0 Å². The van der Waals surface area contributed by atoms with Gasteiger partial charge in [0, 0.05) is 22.0 Å². The molecule has 0 aliphatic heterocycles. The first kappa shape index (κ1) is 22.5. The molecule has 0 unspecified atom stereocenters. The Morgan fingerprint density at radius 1 is 1.12 bits per heavy atom. The van der Waals surface area contributed by atoms with Crippen LogP contribution in [0.1, 0.15) is 0 Å². The fourth-order valence-corrected chi connectivity index (χ4v) is 4.10. The third-order valence-electron chi connectivity index (χ3n) is 4.66. The lowest BCUT2D eigenvalue weighted by atomic mass is 10.2. The van der Waals surface area contributed by atoms with Gasteiger partial charge in [-0.1, -0.05) is 53.7 Å². The molecule has 0 spiro atoms. The third-order valence-corrected chi connectivity index (χ3v) is 5.89. The number of ether oxygens (including phenoxy) is 1. The van der Waals surface area contributed by atoms with E-state index >= 15 is 0 Å². The van der Waals surface area contributed by atoms with Crippen LogP contribution >= 0.6 is 23.4 Å². The van der Waals surface area contributed by atoms with Crippen molar-refractivity contribution in [1.82, 2.24) is 9.97 Å². The van der Waals surface area contributed by atoms with Gasteiger partial charge < -0.3 is 10.1 Å². The minimum Gasteiger partial charge on any atom is -0.494 e. The van der Waals surface area contributed by atoms with Crippen molar-refractivity contribution < 1.29 is 14.5 Å². The molecule has 10 heteroatoms. The Hall–Kier alpha value is -3.69. The maximum Gasteiger partial charge on any atom is 0.273 e. The Labute approximate surface area is 198 Å². The molecule has 0 saturated heterocycles. The first-order valence-corrected chi connectivity index (χ1v) is 11.1. The monoisotopic (exact) mass is 480 g/mol. The van der Waals surface area contributed by atoms with E-state index in [4.69, 9.17) is 16.3 Å². The van der Waals surface area contributed by atoms with Crippen LogP contribution in [0.2, 0.25) is 5.02 Å². The molecule has 4 aromatic rings. The average molecular weight is 481 g/mol. The highest BCUT2D eigenvalue weighted by Gasteiger charge is 2.16. The number of amides is 1. The number of nitrogens with zero attached hydrogens (tertiary/aromatic N) is 3. The minimum atomic E-state index is -0.528. The highest BCUT2D eigenvalue weighted by molar-refractivity contribution is 8.00. The van der Waals surface area contributed by atoms with Crippen molar-refractivity contribution in [3.05, 3.63) is 81.9 Å². The van der Waals surface area contributed by atoms with Crippen molar-refractivity contribution in [2.75, 3.05) is 18.2 Å². The number of rotatable bonds is 7. The standard InChI is InChI=1S/C23H17ClN4O4S/c1-32-20-12-16(28(30)31)8-10-19(20)25-21(29)13-33-23-17-11-15(24)7-9-18(17)26-22(27-23)14-5-3-2-4-6-14/h2-12H,13H2,1H3,(H,25,29). The number of carbonyl (C=O) groups is 1. The largest absolute Gasteiger partial charge is 0.494 e. The van der Waals surface area contributed by atoms with E-state index in [1.807, 2.05) is 36.4 Å². The molecule has 1 aromatic heterocycles. The molecule has 8 nitrogen and oxygen atoms in total. The fraction of sp³-hybridized carbons (Fsp3) is 0.0870. The van der Waals surface area contributed by atoms with Crippen molar-refractivity contribution in [1.29, 1.82) is 0 Å². The molecule has 1 N–H and O–H groups in total. The van der Waals surface area contributed by atoms with E-state index in [2.05, 4.69) is 15.3 Å². The second-order valence-corrected chi connectivity index (χ2v) is 8.26. The molecule has 166 valence electrons. The number of aromatic nitrogens is 2. The number of nitro benzene ring substituents is 1. The van der Waals surface area contributed by atoms with E-state index in [9.17, 15) is 14.9 Å².